The van der Waals surface area contributed by atoms with Gasteiger partial charge in [-0.15, -0.1) is 6.42 Å². The van der Waals surface area contributed by atoms with Crippen LogP contribution in [0.15, 0.2) is 24.3 Å². The Kier molecular flexibility index (Phi) is 10.2. The number of rotatable bonds is 7. The van der Waals surface area contributed by atoms with E-state index in [1.807, 2.05) is 13.8 Å². The zero-order valence-electron chi connectivity index (χ0n) is 14.2. The number of carboxylic acids is 1. The molecule has 0 aliphatic heterocycles. The Hall–Kier alpha value is -1.60. The number of carboxylic acid groups (broad SMARTS) is 1. The smallest absolute Gasteiger partial charge is 0.335 e. The van der Waals surface area contributed by atoms with Crippen LogP contribution < -0.4 is 5.09 Å². The Balaban J connectivity index is 0.00000149. The predicted molar refractivity (Wildman–Crippen MR) is 95.6 cm³/mol. The van der Waals surface area contributed by atoms with Gasteiger partial charge in [-0.1, -0.05) is 20.3 Å². The quantitative estimate of drug-likeness (QED) is 0.510. The lowest BCUT2D eigenvalue weighted by molar-refractivity contribution is 0.0696. The summed E-state index contributed by atoms with van der Waals surface area (Å²) in [6, 6.07) is 6.26. The Labute approximate surface area is 140 Å². The van der Waals surface area contributed by atoms with Gasteiger partial charge in [-0.2, -0.15) is 0 Å². The van der Waals surface area contributed by atoms with E-state index in [0.717, 1.165) is 0 Å². The molecule has 0 radical (unpaired) electrons. The molecule has 23 heavy (non-hydrogen) atoms. The zero-order chi connectivity index (χ0) is 17.9. The monoisotopic (exact) mass is 339 g/mol. The Morgan fingerprint density at radius 2 is 1.87 bits per heavy atom. The van der Waals surface area contributed by atoms with Crippen LogP contribution in [0.4, 0.5) is 5.69 Å². The summed E-state index contributed by atoms with van der Waals surface area (Å²) >= 11 is 0. The third kappa shape index (κ3) is 9.20. The van der Waals surface area contributed by atoms with Crippen LogP contribution in [0.2, 0.25) is 0 Å². The standard InChI is InChI=1S/C14H18NO4P.C3H8/c1-4-20(19-14(2,3)9-10-16)15-12-7-5-11(6-8-12)13(17)18;1-3-2/h1,5-8,15-16H,9-10H2,2-3H3,(H,17,18);3H2,1-2H3. The minimum Gasteiger partial charge on any atom is -0.478 e. The van der Waals surface area contributed by atoms with Crippen LogP contribution in [0.3, 0.4) is 0 Å². The highest BCUT2D eigenvalue weighted by Crippen LogP contribution is 2.41. The summed E-state index contributed by atoms with van der Waals surface area (Å²) in [5.74, 6) is -0.976. The number of benzene rings is 1. The van der Waals surface area contributed by atoms with E-state index in [4.69, 9.17) is 21.2 Å². The topological polar surface area (TPSA) is 78.8 Å². The first kappa shape index (κ1) is 21.4. The molecular formula is C17H26NO4P. The van der Waals surface area contributed by atoms with Gasteiger partial charge in [0.05, 0.1) is 11.2 Å². The number of hydrogen-bond donors (Lipinski definition) is 3. The average molecular weight is 339 g/mol. The van der Waals surface area contributed by atoms with Crippen molar-refractivity contribution in [1.29, 1.82) is 0 Å². The molecular weight excluding hydrogens is 313 g/mol. The van der Waals surface area contributed by atoms with Crippen LogP contribution in [0.1, 0.15) is 50.9 Å². The van der Waals surface area contributed by atoms with Crippen LogP contribution in [0, 0.1) is 12.1 Å². The highest BCUT2D eigenvalue weighted by atomic mass is 31.2. The molecule has 6 heteroatoms. The van der Waals surface area contributed by atoms with Crippen molar-refractivity contribution in [3.8, 4) is 12.1 Å². The fourth-order valence-corrected chi connectivity index (χ4v) is 2.58. The Bertz CT molecular complexity index is 508. The lowest BCUT2D eigenvalue weighted by Gasteiger charge is -2.27. The van der Waals surface area contributed by atoms with E-state index in [-0.39, 0.29) is 12.2 Å². The maximum absolute atomic E-state index is 10.8. The normalized spacial score (nSPS) is 11.7. The summed E-state index contributed by atoms with van der Waals surface area (Å²) in [4.78, 5) is 10.8. The number of anilines is 1. The molecule has 0 amide bonds. The molecule has 0 heterocycles. The minimum atomic E-state index is -1.34. The van der Waals surface area contributed by atoms with E-state index in [2.05, 4.69) is 24.6 Å². The van der Waals surface area contributed by atoms with Crippen LogP contribution in [0.5, 0.6) is 0 Å². The van der Waals surface area contributed by atoms with Crippen molar-refractivity contribution < 1.29 is 19.5 Å². The molecule has 128 valence electrons. The number of hydrogen-bond acceptors (Lipinski definition) is 4. The maximum Gasteiger partial charge on any atom is 0.335 e. The van der Waals surface area contributed by atoms with Gasteiger partial charge in [0.25, 0.3) is 0 Å². The predicted octanol–water partition coefficient (Wildman–Crippen LogP) is 4.29. The third-order valence-electron chi connectivity index (χ3n) is 2.53. The van der Waals surface area contributed by atoms with E-state index >= 15 is 0 Å². The van der Waals surface area contributed by atoms with Crippen molar-refractivity contribution in [2.75, 3.05) is 11.7 Å². The van der Waals surface area contributed by atoms with E-state index in [1.54, 1.807) is 12.1 Å². The summed E-state index contributed by atoms with van der Waals surface area (Å²) < 4.78 is 5.75. The molecule has 0 fully saturated rings. The second-order valence-corrected chi connectivity index (χ2v) is 6.70. The van der Waals surface area contributed by atoms with Crippen LogP contribution in [0.25, 0.3) is 0 Å². The SMILES string of the molecule is C#CP(Nc1ccc(C(=O)O)cc1)OC(C)(C)CCO.CCC. The van der Waals surface area contributed by atoms with E-state index in [9.17, 15) is 4.79 Å². The van der Waals surface area contributed by atoms with Crippen molar-refractivity contribution in [3.05, 3.63) is 29.8 Å². The number of carbonyl (C=O) groups is 1. The number of aromatic carboxylic acids is 1. The van der Waals surface area contributed by atoms with Gasteiger partial charge < -0.3 is 19.8 Å². The number of nitrogens with one attached hydrogen (secondary N) is 1. The molecule has 0 aliphatic rings. The summed E-state index contributed by atoms with van der Waals surface area (Å²) in [5.41, 5.74) is 2.91. The lowest BCUT2D eigenvalue weighted by Crippen LogP contribution is -2.24. The second-order valence-electron chi connectivity index (χ2n) is 5.45. The zero-order valence-corrected chi connectivity index (χ0v) is 15.1. The van der Waals surface area contributed by atoms with Crippen molar-refractivity contribution in [2.45, 2.75) is 46.1 Å². The van der Waals surface area contributed by atoms with Gasteiger partial charge in [-0.05, 0) is 50.2 Å². The van der Waals surface area contributed by atoms with Crippen molar-refractivity contribution in [3.63, 3.8) is 0 Å². The molecule has 0 saturated heterocycles. The Morgan fingerprint density at radius 1 is 1.35 bits per heavy atom. The molecule has 1 aromatic rings. The summed E-state index contributed by atoms with van der Waals surface area (Å²) in [6.07, 6.45) is 7.17. The van der Waals surface area contributed by atoms with Gasteiger partial charge in [0.15, 0.2) is 0 Å². The van der Waals surface area contributed by atoms with Gasteiger partial charge in [-0.25, -0.2) is 4.79 Å². The number of terminal acetylenes is 1. The van der Waals surface area contributed by atoms with E-state index in [0.29, 0.717) is 12.1 Å². The van der Waals surface area contributed by atoms with Gasteiger partial charge in [0.1, 0.15) is 0 Å². The highest BCUT2D eigenvalue weighted by Gasteiger charge is 2.23. The Morgan fingerprint density at radius 3 is 2.26 bits per heavy atom. The molecule has 0 aromatic heterocycles. The molecule has 0 aliphatic carbocycles. The van der Waals surface area contributed by atoms with Gasteiger partial charge in [0, 0.05) is 12.3 Å². The highest BCUT2D eigenvalue weighted by molar-refractivity contribution is 7.59. The molecule has 1 rings (SSSR count). The largest absolute Gasteiger partial charge is 0.478 e. The summed E-state index contributed by atoms with van der Waals surface area (Å²) in [7, 11) is -1.34. The molecule has 3 N–H and O–H groups in total. The molecule has 0 saturated carbocycles. The van der Waals surface area contributed by atoms with Gasteiger partial charge in [-0.3, -0.25) is 0 Å². The van der Waals surface area contributed by atoms with Crippen molar-refractivity contribution >= 4 is 20.0 Å². The van der Waals surface area contributed by atoms with Crippen molar-refractivity contribution in [1.82, 2.24) is 0 Å². The first-order valence-electron chi connectivity index (χ1n) is 7.46. The number of aliphatic hydroxyl groups excluding tert-OH is 1. The van der Waals surface area contributed by atoms with Gasteiger partial charge in [0.2, 0.25) is 8.30 Å². The van der Waals surface area contributed by atoms with Crippen LogP contribution >= 0.6 is 8.30 Å². The molecule has 1 aromatic carbocycles. The van der Waals surface area contributed by atoms with E-state index < -0.39 is 19.9 Å². The molecule has 0 bridgehead atoms. The molecule has 0 spiro atoms. The van der Waals surface area contributed by atoms with Crippen molar-refractivity contribution in [2.24, 2.45) is 0 Å². The first-order valence-corrected chi connectivity index (χ1v) is 8.72. The molecule has 1 atom stereocenters. The second kappa shape index (κ2) is 11.0. The van der Waals surface area contributed by atoms with E-state index in [1.165, 1.54) is 18.6 Å². The first-order chi connectivity index (χ1) is 10.8. The fourth-order valence-electron chi connectivity index (χ4n) is 1.45. The summed E-state index contributed by atoms with van der Waals surface area (Å²) in [5, 5.41) is 20.8. The number of aliphatic hydroxyl groups is 1. The third-order valence-corrected chi connectivity index (χ3v) is 3.90. The lowest BCUT2D eigenvalue weighted by atomic mass is 10.1. The van der Waals surface area contributed by atoms with Gasteiger partial charge >= 0.3 is 5.97 Å². The molecule has 5 nitrogen and oxygen atoms in total. The minimum absolute atomic E-state index is 0.0219. The van der Waals surface area contributed by atoms with Crippen LogP contribution in [-0.2, 0) is 4.52 Å². The molecule has 1 unspecified atom stereocenters. The average Bonchev–Trinajstić information content (AvgIpc) is 2.47. The van der Waals surface area contributed by atoms with Crippen LogP contribution in [-0.4, -0.2) is 28.4 Å². The summed E-state index contributed by atoms with van der Waals surface area (Å²) in [6.45, 7) is 7.98. The fraction of sp³-hybridized carbons (Fsp3) is 0.471. The maximum atomic E-state index is 10.8.